The monoisotopic (exact) mass is 309 g/mol. The minimum atomic E-state index is -0.420. The van der Waals surface area contributed by atoms with E-state index in [1.54, 1.807) is 0 Å². The predicted molar refractivity (Wildman–Crippen MR) is 90.6 cm³/mol. The van der Waals surface area contributed by atoms with Gasteiger partial charge < -0.3 is 9.84 Å². The van der Waals surface area contributed by atoms with Crippen LogP contribution in [0.3, 0.4) is 0 Å². The maximum atomic E-state index is 10.4. The van der Waals surface area contributed by atoms with Gasteiger partial charge >= 0.3 is 0 Å². The van der Waals surface area contributed by atoms with Gasteiger partial charge in [-0.1, -0.05) is 42.5 Å². The molecule has 0 aromatic heterocycles. The van der Waals surface area contributed by atoms with Gasteiger partial charge in [0.25, 0.3) is 0 Å². The van der Waals surface area contributed by atoms with Crippen LogP contribution in [0.5, 0.6) is 5.75 Å². The van der Waals surface area contributed by atoms with E-state index in [-0.39, 0.29) is 6.10 Å². The van der Waals surface area contributed by atoms with Crippen molar-refractivity contribution in [2.24, 2.45) is 0 Å². The molecule has 3 nitrogen and oxygen atoms in total. The first-order valence-electron chi connectivity index (χ1n) is 8.51. The molecule has 4 rings (SSSR count). The largest absolute Gasteiger partial charge is 0.486 e. The van der Waals surface area contributed by atoms with Crippen molar-refractivity contribution in [1.29, 1.82) is 0 Å². The minimum Gasteiger partial charge on any atom is -0.486 e. The van der Waals surface area contributed by atoms with Gasteiger partial charge in [0.1, 0.15) is 18.0 Å². The molecule has 0 saturated carbocycles. The number of benzene rings is 2. The van der Waals surface area contributed by atoms with E-state index in [0.29, 0.717) is 6.54 Å². The Hall–Kier alpha value is -1.84. The zero-order valence-electron chi connectivity index (χ0n) is 13.3. The number of β-amino-alcohol motifs (C(OH)–C–C–N with tert-alkyl or cyclic N) is 1. The van der Waals surface area contributed by atoms with Gasteiger partial charge in [0, 0.05) is 19.6 Å². The van der Waals surface area contributed by atoms with Crippen LogP contribution in [0.4, 0.5) is 0 Å². The highest BCUT2D eigenvalue weighted by Gasteiger charge is 2.33. The SMILES string of the molecule is OC1CN(Cc2ccccc2)CC1Oc1cccc2c1CCC2. The van der Waals surface area contributed by atoms with Crippen molar-refractivity contribution in [1.82, 2.24) is 4.90 Å². The van der Waals surface area contributed by atoms with Gasteiger partial charge in [-0.3, -0.25) is 4.90 Å². The van der Waals surface area contributed by atoms with Crippen LogP contribution in [0, 0.1) is 0 Å². The molecule has 0 amide bonds. The Morgan fingerprint density at radius 2 is 1.87 bits per heavy atom. The summed E-state index contributed by atoms with van der Waals surface area (Å²) in [7, 11) is 0. The van der Waals surface area contributed by atoms with Crippen molar-refractivity contribution >= 4 is 0 Å². The second kappa shape index (κ2) is 6.34. The number of ether oxygens (including phenoxy) is 1. The Morgan fingerprint density at radius 1 is 1.00 bits per heavy atom. The minimum absolute atomic E-state index is 0.134. The van der Waals surface area contributed by atoms with Crippen LogP contribution in [0.15, 0.2) is 48.5 Å². The van der Waals surface area contributed by atoms with E-state index in [0.717, 1.165) is 31.7 Å². The maximum Gasteiger partial charge on any atom is 0.138 e. The molecule has 2 aliphatic rings. The predicted octanol–water partition coefficient (Wildman–Crippen LogP) is 2.80. The van der Waals surface area contributed by atoms with Gasteiger partial charge in [-0.2, -0.15) is 0 Å². The summed E-state index contributed by atoms with van der Waals surface area (Å²) in [5, 5.41) is 10.4. The summed E-state index contributed by atoms with van der Waals surface area (Å²) in [6, 6.07) is 16.7. The normalized spacial score (nSPS) is 23.9. The van der Waals surface area contributed by atoms with Gasteiger partial charge in [0.05, 0.1) is 0 Å². The average molecular weight is 309 g/mol. The summed E-state index contributed by atoms with van der Waals surface area (Å²) in [4.78, 5) is 2.27. The highest BCUT2D eigenvalue weighted by molar-refractivity contribution is 5.43. The topological polar surface area (TPSA) is 32.7 Å². The lowest BCUT2D eigenvalue weighted by Crippen LogP contribution is -2.30. The molecule has 1 heterocycles. The van der Waals surface area contributed by atoms with Crippen molar-refractivity contribution in [3.8, 4) is 5.75 Å². The molecule has 120 valence electrons. The van der Waals surface area contributed by atoms with Crippen LogP contribution in [0.1, 0.15) is 23.1 Å². The van der Waals surface area contributed by atoms with Crippen molar-refractivity contribution in [3.63, 3.8) is 0 Å². The first kappa shape index (κ1) is 14.7. The van der Waals surface area contributed by atoms with E-state index >= 15 is 0 Å². The summed E-state index contributed by atoms with van der Waals surface area (Å²) in [6.07, 6.45) is 2.91. The van der Waals surface area contributed by atoms with Crippen LogP contribution in [0.2, 0.25) is 0 Å². The molecule has 1 fully saturated rings. The molecule has 1 aliphatic heterocycles. The third-order valence-electron chi connectivity index (χ3n) is 4.94. The Bertz CT molecular complexity index is 671. The molecule has 2 aromatic carbocycles. The number of aliphatic hydroxyl groups excluding tert-OH is 1. The Morgan fingerprint density at radius 3 is 2.74 bits per heavy atom. The summed E-state index contributed by atoms with van der Waals surface area (Å²) in [5.74, 6) is 0.977. The fourth-order valence-corrected chi connectivity index (χ4v) is 3.78. The Balaban J connectivity index is 1.43. The van der Waals surface area contributed by atoms with Crippen molar-refractivity contribution in [3.05, 3.63) is 65.2 Å². The van der Waals surface area contributed by atoms with E-state index < -0.39 is 6.10 Å². The number of hydrogen-bond acceptors (Lipinski definition) is 3. The lowest BCUT2D eigenvalue weighted by Gasteiger charge is -2.19. The fourth-order valence-electron chi connectivity index (χ4n) is 3.78. The van der Waals surface area contributed by atoms with Crippen molar-refractivity contribution in [2.75, 3.05) is 13.1 Å². The number of rotatable bonds is 4. The molecule has 0 spiro atoms. The van der Waals surface area contributed by atoms with E-state index in [2.05, 4.69) is 47.4 Å². The standard InChI is InChI=1S/C20H23NO2/c22-18-13-21(12-15-6-2-1-3-7-15)14-20(18)23-19-11-5-9-16-8-4-10-17(16)19/h1-3,5-7,9,11,18,20,22H,4,8,10,12-14H2. The molecule has 23 heavy (non-hydrogen) atoms. The fraction of sp³-hybridized carbons (Fsp3) is 0.400. The second-order valence-electron chi connectivity index (χ2n) is 6.65. The zero-order valence-corrected chi connectivity index (χ0v) is 13.3. The molecule has 1 N–H and O–H groups in total. The van der Waals surface area contributed by atoms with Crippen LogP contribution in [-0.2, 0) is 19.4 Å². The third-order valence-corrected chi connectivity index (χ3v) is 4.94. The molecule has 2 aromatic rings. The lowest BCUT2D eigenvalue weighted by atomic mass is 10.1. The molecule has 0 radical (unpaired) electrons. The highest BCUT2D eigenvalue weighted by Crippen LogP contribution is 2.32. The Labute approximate surface area is 137 Å². The first-order chi connectivity index (χ1) is 11.3. The van der Waals surface area contributed by atoms with Gasteiger partial charge in [-0.25, -0.2) is 0 Å². The van der Waals surface area contributed by atoms with Gasteiger partial charge in [-0.15, -0.1) is 0 Å². The number of aryl methyl sites for hydroxylation is 1. The molecular formula is C20H23NO2. The van der Waals surface area contributed by atoms with Crippen molar-refractivity contribution in [2.45, 2.75) is 38.0 Å². The number of fused-ring (bicyclic) bond motifs is 1. The van der Waals surface area contributed by atoms with E-state index in [9.17, 15) is 5.11 Å². The summed E-state index contributed by atoms with van der Waals surface area (Å²) in [6.45, 7) is 2.32. The molecule has 2 unspecified atom stereocenters. The highest BCUT2D eigenvalue weighted by atomic mass is 16.5. The number of aliphatic hydroxyl groups is 1. The zero-order chi connectivity index (χ0) is 15.6. The number of hydrogen-bond donors (Lipinski definition) is 1. The van der Waals surface area contributed by atoms with Gasteiger partial charge in [0.15, 0.2) is 0 Å². The third kappa shape index (κ3) is 3.12. The van der Waals surface area contributed by atoms with Crippen LogP contribution >= 0.6 is 0 Å². The van der Waals surface area contributed by atoms with E-state index in [1.165, 1.54) is 23.1 Å². The molecule has 0 bridgehead atoms. The molecule has 2 atom stereocenters. The summed E-state index contributed by atoms with van der Waals surface area (Å²) < 4.78 is 6.21. The summed E-state index contributed by atoms with van der Waals surface area (Å²) in [5.41, 5.74) is 4.04. The smallest absolute Gasteiger partial charge is 0.138 e. The quantitative estimate of drug-likeness (QED) is 0.942. The molecule has 1 saturated heterocycles. The van der Waals surface area contributed by atoms with Crippen molar-refractivity contribution < 1.29 is 9.84 Å². The molecule has 1 aliphatic carbocycles. The maximum absolute atomic E-state index is 10.4. The first-order valence-corrected chi connectivity index (χ1v) is 8.51. The van der Waals surface area contributed by atoms with Gasteiger partial charge in [-0.05, 0) is 42.0 Å². The molecular weight excluding hydrogens is 286 g/mol. The van der Waals surface area contributed by atoms with E-state index in [1.807, 2.05) is 6.07 Å². The lowest BCUT2D eigenvalue weighted by molar-refractivity contribution is 0.0731. The number of likely N-dealkylation sites (tertiary alicyclic amines) is 1. The number of nitrogens with zero attached hydrogens (tertiary/aromatic N) is 1. The van der Waals surface area contributed by atoms with E-state index in [4.69, 9.17) is 4.74 Å². The average Bonchev–Trinajstić information content (AvgIpc) is 3.16. The Kier molecular flexibility index (Phi) is 4.06. The van der Waals surface area contributed by atoms with Crippen LogP contribution in [0.25, 0.3) is 0 Å². The molecule has 3 heteroatoms. The second-order valence-corrected chi connectivity index (χ2v) is 6.65. The van der Waals surface area contributed by atoms with Crippen LogP contribution < -0.4 is 4.74 Å². The van der Waals surface area contributed by atoms with Crippen LogP contribution in [-0.4, -0.2) is 35.3 Å². The summed E-state index contributed by atoms with van der Waals surface area (Å²) >= 11 is 0. The van der Waals surface area contributed by atoms with Gasteiger partial charge in [0.2, 0.25) is 0 Å².